The van der Waals surface area contributed by atoms with Gasteiger partial charge >= 0.3 is 0 Å². The Morgan fingerprint density at radius 3 is 2.47 bits per heavy atom. The number of rotatable bonds is 6. The summed E-state index contributed by atoms with van der Waals surface area (Å²) in [6, 6.07) is 21.3. The Labute approximate surface area is 194 Å². The molecule has 0 radical (unpaired) electrons. The second-order valence-corrected chi connectivity index (χ2v) is 10.3. The van der Waals surface area contributed by atoms with E-state index in [2.05, 4.69) is 5.32 Å². The minimum atomic E-state index is -3.76. The molecule has 3 aromatic rings. The maximum Gasteiger partial charge on any atom is 0.243 e. The fourth-order valence-electron chi connectivity index (χ4n) is 4.06. The van der Waals surface area contributed by atoms with Gasteiger partial charge in [0.2, 0.25) is 15.9 Å². The van der Waals surface area contributed by atoms with Crippen molar-refractivity contribution < 1.29 is 13.2 Å². The van der Waals surface area contributed by atoms with Crippen molar-refractivity contribution in [2.75, 3.05) is 6.54 Å². The molecule has 1 aliphatic heterocycles. The number of hydrogen-bond acceptors (Lipinski definition) is 3. The van der Waals surface area contributed by atoms with Gasteiger partial charge in [0.15, 0.2) is 0 Å². The molecule has 0 saturated heterocycles. The van der Waals surface area contributed by atoms with E-state index >= 15 is 0 Å². The van der Waals surface area contributed by atoms with E-state index in [4.69, 9.17) is 11.6 Å². The first-order valence-corrected chi connectivity index (χ1v) is 12.3. The monoisotopic (exact) mass is 468 g/mol. The highest BCUT2D eigenvalue weighted by atomic mass is 35.5. The standard InChI is InChI=1S/C25H25ClN2O3S/c1-18-10-12-21(13-11-18)32(30,31)28-15-14-19-6-2-4-8-22(19)24(28)16-25(29)27-17-20-7-3-5-9-23(20)26/h2-13,24H,14-17H2,1H3,(H,27,29)/t24-/m0/s1. The molecule has 1 N–H and O–H groups in total. The molecule has 0 aromatic heterocycles. The van der Waals surface area contributed by atoms with Crippen LogP contribution in [0.15, 0.2) is 77.7 Å². The van der Waals surface area contributed by atoms with Crippen LogP contribution in [0.1, 0.15) is 34.7 Å². The summed E-state index contributed by atoms with van der Waals surface area (Å²) in [5, 5.41) is 3.48. The van der Waals surface area contributed by atoms with Gasteiger partial charge in [0.25, 0.3) is 0 Å². The molecular formula is C25H25ClN2O3S. The summed E-state index contributed by atoms with van der Waals surface area (Å²) in [5.74, 6) is -0.226. The summed E-state index contributed by atoms with van der Waals surface area (Å²) in [6.45, 7) is 2.53. The fraction of sp³-hybridized carbons (Fsp3) is 0.240. The maximum atomic E-state index is 13.5. The Hall–Kier alpha value is -2.67. The fourth-order valence-corrected chi connectivity index (χ4v) is 5.87. The summed E-state index contributed by atoms with van der Waals surface area (Å²) in [4.78, 5) is 13.1. The number of aryl methyl sites for hydroxylation is 1. The van der Waals surface area contributed by atoms with Crippen molar-refractivity contribution >= 4 is 27.5 Å². The molecule has 1 amide bonds. The molecule has 1 heterocycles. The molecule has 3 aromatic carbocycles. The van der Waals surface area contributed by atoms with E-state index in [0.717, 1.165) is 22.3 Å². The van der Waals surface area contributed by atoms with Crippen molar-refractivity contribution in [3.8, 4) is 0 Å². The van der Waals surface area contributed by atoms with E-state index in [1.54, 1.807) is 30.3 Å². The number of hydrogen-bond donors (Lipinski definition) is 1. The summed E-state index contributed by atoms with van der Waals surface area (Å²) in [5.41, 5.74) is 3.76. The Bertz CT molecular complexity index is 1230. The lowest BCUT2D eigenvalue weighted by atomic mass is 9.92. The third kappa shape index (κ3) is 4.72. The van der Waals surface area contributed by atoms with Gasteiger partial charge in [-0.15, -0.1) is 0 Å². The highest BCUT2D eigenvalue weighted by Gasteiger charge is 2.37. The first-order chi connectivity index (χ1) is 15.4. The Morgan fingerprint density at radius 1 is 1.03 bits per heavy atom. The lowest BCUT2D eigenvalue weighted by Crippen LogP contribution is -2.42. The van der Waals surface area contributed by atoms with Crippen molar-refractivity contribution in [3.05, 3.63) is 100 Å². The molecule has 166 valence electrons. The SMILES string of the molecule is Cc1ccc(S(=O)(=O)N2CCc3ccccc3[C@@H]2CC(=O)NCc2ccccc2Cl)cc1. The largest absolute Gasteiger partial charge is 0.352 e. The van der Waals surface area contributed by atoms with Gasteiger partial charge < -0.3 is 5.32 Å². The Morgan fingerprint density at radius 2 is 1.72 bits per heavy atom. The van der Waals surface area contributed by atoms with Crippen molar-refractivity contribution in [2.45, 2.75) is 37.2 Å². The van der Waals surface area contributed by atoms with Crippen LogP contribution >= 0.6 is 11.6 Å². The van der Waals surface area contributed by atoms with Gasteiger partial charge in [0, 0.05) is 24.5 Å². The number of nitrogens with one attached hydrogen (secondary N) is 1. The molecule has 1 atom stereocenters. The summed E-state index contributed by atoms with van der Waals surface area (Å²) < 4.78 is 28.5. The van der Waals surface area contributed by atoms with E-state index in [1.807, 2.05) is 49.4 Å². The van der Waals surface area contributed by atoms with E-state index < -0.39 is 16.1 Å². The van der Waals surface area contributed by atoms with Crippen molar-refractivity contribution in [1.82, 2.24) is 9.62 Å². The zero-order chi connectivity index (χ0) is 22.7. The lowest BCUT2D eigenvalue weighted by Gasteiger charge is -2.36. The molecule has 7 heteroatoms. The smallest absolute Gasteiger partial charge is 0.243 e. The van der Waals surface area contributed by atoms with Gasteiger partial charge in [0.1, 0.15) is 0 Å². The number of fused-ring (bicyclic) bond motifs is 1. The summed E-state index contributed by atoms with van der Waals surface area (Å²) >= 11 is 6.19. The minimum Gasteiger partial charge on any atom is -0.352 e. The molecule has 1 aliphatic rings. The van der Waals surface area contributed by atoms with Crippen LogP contribution in [0.5, 0.6) is 0 Å². The predicted octanol–water partition coefficient (Wildman–Crippen LogP) is 4.64. The first-order valence-electron chi connectivity index (χ1n) is 10.5. The molecule has 0 unspecified atom stereocenters. The Kier molecular flexibility index (Phi) is 6.65. The van der Waals surface area contributed by atoms with Crippen LogP contribution in [0.2, 0.25) is 5.02 Å². The normalized spacial score (nSPS) is 16.4. The average Bonchev–Trinajstić information content (AvgIpc) is 2.79. The van der Waals surface area contributed by atoms with E-state index in [9.17, 15) is 13.2 Å². The van der Waals surface area contributed by atoms with Crippen molar-refractivity contribution in [1.29, 1.82) is 0 Å². The first kappa shape index (κ1) is 22.5. The third-order valence-electron chi connectivity index (χ3n) is 5.80. The number of benzene rings is 3. The number of carbonyl (C=O) groups excluding carboxylic acids is 1. The molecule has 5 nitrogen and oxygen atoms in total. The van der Waals surface area contributed by atoms with Crippen LogP contribution < -0.4 is 5.32 Å². The minimum absolute atomic E-state index is 0.0343. The predicted molar refractivity (Wildman–Crippen MR) is 126 cm³/mol. The summed E-state index contributed by atoms with van der Waals surface area (Å²) in [6.07, 6.45) is 0.644. The van der Waals surface area contributed by atoms with Gasteiger partial charge in [-0.2, -0.15) is 4.31 Å². The van der Waals surface area contributed by atoms with Crippen LogP contribution in [0, 0.1) is 6.92 Å². The molecule has 4 rings (SSSR count). The quantitative estimate of drug-likeness (QED) is 0.573. The number of carbonyl (C=O) groups is 1. The molecule has 0 aliphatic carbocycles. The zero-order valence-corrected chi connectivity index (χ0v) is 19.4. The van der Waals surface area contributed by atoms with Crippen LogP contribution in [0.25, 0.3) is 0 Å². The molecular weight excluding hydrogens is 444 g/mol. The van der Waals surface area contributed by atoms with Gasteiger partial charge in [-0.3, -0.25) is 4.79 Å². The van der Waals surface area contributed by atoms with Crippen LogP contribution in [-0.2, 0) is 27.8 Å². The Balaban J connectivity index is 1.60. The second-order valence-electron chi connectivity index (χ2n) is 7.97. The van der Waals surface area contributed by atoms with Gasteiger partial charge in [-0.05, 0) is 48.2 Å². The van der Waals surface area contributed by atoms with Gasteiger partial charge in [-0.1, -0.05) is 71.8 Å². The van der Waals surface area contributed by atoms with E-state index in [0.29, 0.717) is 18.0 Å². The third-order valence-corrected chi connectivity index (χ3v) is 8.09. The number of halogens is 1. The molecule has 0 saturated carbocycles. The highest BCUT2D eigenvalue weighted by Crippen LogP contribution is 2.36. The lowest BCUT2D eigenvalue weighted by molar-refractivity contribution is -0.122. The van der Waals surface area contributed by atoms with Crippen LogP contribution in [-0.4, -0.2) is 25.2 Å². The average molecular weight is 469 g/mol. The van der Waals surface area contributed by atoms with Crippen molar-refractivity contribution in [3.63, 3.8) is 0 Å². The second kappa shape index (κ2) is 9.45. The molecule has 0 spiro atoms. The molecule has 32 heavy (non-hydrogen) atoms. The number of sulfonamides is 1. The topological polar surface area (TPSA) is 66.5 Å². The zero-order valence-electron chi connectivity index (χ0n) is 17.8. The molecule has 0 fully saturated rings. The number of nitrogens with zero attached hydrogens (tertiary/aromatic N) is 1. The maximum absolute atomic E-state index is 13.5. The summed E-state index contributed by atoms with van der Waals surface area (Å²) in [7, 11) is -3.76. The van der Waals surface area contributed by atoms with Crippen LogP contribution in [0.3, 0.4) is 0 Å². The van der Waals surface area contributed by atoms with Gasteiger partial charge in [-0.25, -0.2) is 8.42 Å². The number of amides is 1. The highest BCUT2D eigenvalue weighted by molar-refractivity contribution is 7.89. The van der Waals surface area contributed by atoms with E-state index in [1.165, 1.54) is 4.31 Å². The van der Waals surface area contributed by atoms with E-state index in [-0.39, 0.29) is 23.8 Å². The van der Waals surface area contributed by atoms with Crippen molar-refractivity contribution in [2.24, 2.45) is 0 Å². The van der Waals surface area contributed by atoms with Gasteiger partial charge in [0.05, 0.1) is 10.9 Å². The van der Waals surface area contributed by atoms with Crippen LogP contribution in [0.4, 0.5) is 0 Å². The molecule has 0 bridgehead atoms.